The van der Waals surface area contributed by atoms with Crippen molar-refractivity contribution >= 4 is 27.4 Å². The molecule has 0 unspecified atom stereocenters. The summed E-state index contributed by atoms with van der Waals surface area (Å²) in [6.07, 6.45) is 0. The number of nitrogens with zero attached hydrogens (tertiary/aromatic N) is 1. The number of morpholine rings is 1. The van der Waals surface area contributed by atoms with Gasteiger partial charge in [0.15, 0.2) is 0 Å². The molecule has 0 aromatic heterocycles. The molecule has 7 nitrogen and oxygen atoms in total. The number of carbonyl (C=O) groups is 1. The average molecular weight is 376 g/mol. The first kappa shape index (κ1) is 18.2. The number of hydrogen-bond acceptors (Lipinski definition) is 5. The maximum Gasteiger partial charge on any atom is 0.337 e. The third-order valence-corrected chi connectivity index (χ3v) is 5.55. The van der Waals surface area contributed by atoms with Crippen LogP contribution in [0.3, 0.4) is 0 Å². The zero-order chi connectivity index (χ0) is 18.7. The molecule has 0 atom stereocenters. The SMILES string of the molecule is Cc1ccc(S(=O)(=O)Nc2cccc(C(=O)O)c2N2CCOCC2)cc1. The minimum atomic E-state index is -3.83. The lowest BCUT2D eigenvalue weighted by atomic mass is 10.1. The van der Waals surface area contributed by atoms with Crippen LogP contribution in [0.5, 0.6) is 0 Å². The Morgan fingerprint density at radius 3 is 2.38 bits per heavy atom. The van der Waals surface area contributed by atoms with E-state index >= 15 is 0 Å². The third-order valence-electron chi connectivity index (χ3n) is 4.17. The van der Waals surface area contributed by atoms with Crippen molar-refractivity contribution in [2.75, 3.05) is 35.9 Å². The molecule has 138 valence electrons. The van der Waals surface area contributed by atoms with E-state index in [9.17, 15) is 18.3 Å². The molecule has 2 aromatic carbocycles. The van der Waals surface area contributed by atoms with Crippen LogP contribution in [-0.2, 0) is 14.8 Å². The summed E-state index contributed by atoms with van der Waals surface area (Å²) in [5.41, 5.74) is 1.60. The molecule has 0 bridgehead atoms. The van der Waals surface area contributed by atoms with Crippen LogP contribution in [0.2, 0.25) is 0 Å². The van der Waals surface area contributed by atoms with E-state index in [-0.39, 0.29) is 16.1 Å². The zero-order valence-electron chi connectivity index (χ0n) is 14.3. The molecule has 1 heterocycles. The number of nitrogens with one attached hydrogen (secondary N) is 1. The maximum absolute atomic E-state index is 12.7. The molecule has 1 fully saturated rings. The molecule has 1 saturated heterocycles. The number of para-hydroxylation sites is 1. The Balaban J connectivity index is 2.02. The van der Waals surface area contributed by atoms with Gasteiger partial charge in [-0.2, -0.15) is 0 Å². The molecule has 0 aliphatic carbocycles. The van der Waals surface area contributed by atoms with Gasteiger partial charge in [0, 0.05) is 13.1 Å². The number of carboxylic acids is 1. The van der Waals surface area contributed by atoms with E-state index in [0.717, 1.165) is 5.56 Å². The van der Waals surface area contributed by atoms with Crippen LogP contribution in [0.15, 0.2) is 47.4 Å². The fraction of sp³-hybridized carbons (Fsp3) is 0.278. The second-order valence-corrected chi connectivity index (χ2v) is 7.71. The first-order chi connectivity index (χ1) is 12.4. The highest BCUT2D eigenvalue weighted by molar-refractivity contribution is 7.92. The number of ether oxygens (including phenoxy) is 1. The van der Waals surface area contributed by atoms with E-state index in [0.29, 0.717) is 32.0 Å². The lowest BCUT2D eigenvalue weighted by Crippen LogP contribution is -2.37. The second kappa shape index (κ2) is 7.35. The molecular weight excluding hydrogens is 356 g/mol. The summed E-state index contributed by atoms with van der Waals surface area (Å²) < 4.78 is 33.3. The molecule has 1 aliphatic rings. The standard InChI is InChI=1S/C18H20N2O5S/c1-13-5-7-14(8-6-13)26(23,24)19-16-4-2-3-15(18(21)22)17(16)20-9-11-25-12-10-20/h2-8,19H,9-12H2,1H3,(H,21,22). The Hall–Kier alpha value is -2.58. The van der Waals surface area contributed by atoms with Gasteiger partial charge in [0.05, 0.1) is 35.0 Å². The highest BCUT2D eigenvalue weighted by atomic mass is 32.2. The Labute approximate surface area is 152 Å². The van der Waals surface area contributed by atoms with Crippen LogP contribution >= 0.6 is 0 Å². The van der Waals surface area contributed by atoms with E-state index in [2.05, 4.69) is 4.72 Å². The van der Waals surface area contributed by atoms with Gasteiger partial charge in [0.1, 0.15) is 0 Å². The van der Waals surface area contributed by atoms with Gasteiger partial charge in [0.25, 0.3) is 10.0 Å². The van der Waals surface area contributed by atoms with Gasteiger partial charge in [-0.1, -0.05) is 23.8 Å². The van der Waals surface area contributed by atoms with Crippen LogP contribution in [0, 0.1) is 6.92 Å². The topological polar surface area (TPSA) is 95.9 Å². The van der Waals surface area contributed by atoms with Crippen LogP contribution in [0.25, 0.3) is 0 Å². The Bertz CT molecular complexity index is 904. The van der Waals surface area contributed by atoms with Gasteiger partial charge in [0.2, 0.25) is 0 Å². The Kier molecular flexibility index (Phi) is 5.15. The van der Waals surface area contributed by atoms with Gasteiger partial charge in [-0.15, -0.1) is 0 Å². The van der Waals surface area contributed by atoms with Crippen molar-refractivity contribution in [3.63, 3.8) is 0 Å². The molecule has 8 heteroatoms. The minimum Gasteiger partial charge on any atom is -0.478 e. The third kappa shape index (κ3) is 3.81. The molecule has 0 amide bonds. The summed E-state index contributed by atoms with van der Waals surface area (Å²) in [5, 5.41) is 9.53. The largest absolute Gasteiger partial charge is 0.478 e. The molecule has 0 radical (unpaired) electrons. The molecule has 2 N–H and O–H groups in total. The van der Waals surface area contributed by atoms with Gasteiger partial charge in [-0.05, 0) is 31.2 Å². The van der Waals surface area contributed by atoms with E-state index in [1.54, 1.807) is 18.2 Å². The highest BCUT2D eigenvalue weighted by Gasteiger charge is 2.24. The average Bonchev–Trinajstić information content (AvgIpc) is 2.62. The monoisotopic (exact) mass is 376 g/mol. The van der Waals surface area contributed by atoms with Gasteiger partial charge >= 0.3 is 5.97 Å². The lowest BCUT2D eigenvalue weighted by Gasteiger charge is -2.31. The molecule has 0 saturated carbocycles. The first-order valence-electron chi connectivity index (χ1n) is 8.17. The molecular formula is C18H20N2O5S. The number of sulfonamides is 1. The van der Waals surface area contributed by atoms with Crippen LogP contribution in [0.1, 0.15) is 15.9 Å². The quantitative estimate of drug-likeness (QED) is 0.831. The molecule has 2 aromatic rings. The number of rotatable bonds is 5. The summed E-state index contributed by atoms with van der Waals surface area (Å²) in [7, 11) is -3.83. The second-order valence-electron chi connectivity index (χ2n) is 6.02. The van der Waals surface area contributed by atoms with Crippen molar-refractivity contribution in [2.45, 2.75) is 11.8 Å². The van der Waals surface area contributed by atoms with Crippen molar-refractivity contribution in [3.05, 3.63) is 53.6 Å². The predicted octanol–water partition coefficient (Wildman–Crippen LogP) is 2.33. The van der Waals surface area contributed by atoms with Gasteiger partial charge in [-0.25, -0.2) is 13.2 Å². The number of carboxylic acid groups (broad SMARTS) is 1. The molecule has 1 aliphatic heterocycles. The zero-order valence-corrected chi connectivity index (χ0v) is 15.1. The van der Waals surface area contributed by atoms with Gasteiger partial charge in [-0.3, -0.25) is 4.72 Å². The number of hydrogen-bond donors (Lipinski definition) is 2. The smallest absolute Gasteiger partial charge is 0.337 e. The van der Waals surface area contributed by atoms with Crippen molar-refractivity contribution in [1.82, 2.24) is 0 Å². The maximum atomic E-state index is 12.7. The van der Waals surface area contributed by atoms with Crippen molar-refractivity contribution in [2.24, 2.45) is 0 Å². The summed E-state index contributed by atoms with van der Waals surface area (Å²) in [4.78, 5) is 13.6. The Morgan fingerprint density at radius 2 is 1.77 bits per heavy atom. The van der Waals surface area contributed by atoms with E-state index in [4.69, 9.17) is 4.74 Å². The van der Waals surface area contributed by atoms with E-state index in [1.165, 1.54) is 24.3 Å². The van der Waals surface area contributed by atoms with E-state index in [1.807, 2.05) is 11.8 Å². The van der Waals surface area contributed by atoms with Crippen molar-refractivity contribution in [3.8, 4) is 0 Å². The number of anilines is 2. The van der Waals surface area contributed by atoms with Crippen LogP contribution in [-0.4, -0.2) is 45.8 Å². The number of benzene rings is 2. The molecule has 3 rings (SSSR count). The molecule has 0 spiro atoms. The van der Waals surface area contributed by atoms with Crippen molar-refractivity contribution in [1.29, 1.82) is 0 Å². The fourth-order valence-corrected chi connectivity index (χ4v) is 3.91. The summed E-state index contributed by atoms with van der Waals surface area (Å²) in [6, 6.07) is 11.0. The molecule has 26 heavy (non-hydrogen) atoms. The first-order valence-corrected chi connectivity index (χ1v) is 9.65. The summed E-state index contributed by atoms with van der Waals surface area (Å²) in [5.74, 6) is -1.11. The van der Waals surface area contributed by atoms with Crippen LogP contribution < -0.4 is 9.62 Å². The highest BCUT2D eigenvalue weighted by Crippen LogP contribution is 2.32. The number of aromatic carboxylic acids is 1. The van der Waals surface area contributed by atoms with Crippen molar-refractivity contribution < 1.29 is 23.1 Å². The fourth-order valence-electron chi connectivity index (χ4n) is 2.85. The normalized spacial score (nSPS) is 14.9. The van der Waals surface area contributed by atoms with E-state index < -0.39 is 16.0 Å². The van der Waals surface area contributed by atoms with Crippen LogP contribution in [0.4, 0.5) is 11.4 Å². The lowest BCUT2D eigenvalue weighted by molar-refractivity contribution is 0.0696. The minimum absolute atomic E-state index is 0.0519. The Morgan fingerprint density at radius 1 is 1.12 bits per heavy atom. The van der Waals surface area contributed by atoms with Gasteiger partial charge < -0.3 is 14.7 Å². The summed E-state index contributed by atoms with van der Waals surface area (Å²) in [6.45, 7) is 3.76. The number of aryl methyl sites for hydroxylation is 1. The summed E-state index contributed by atoms with van der Waals surface area (Å²) >= 11 is 0. The predicted molar refractivity (Wildman–Crippen MR) is 98.4 cm³/mol.